The third kappa shape index (κ3) is 4.17. The van der Waals surface area contributed by atoms with Gasteiger partial charge in [-0.3, -0.25) is 0 Å². The molecule has 0 unspecified atom stereocenters. The van der Waals surface area contributed by atoms with Crippen molar-refractivity contribution in [3.8, 4) is 0 Å². The number of carbonyl (C=O) groups excluding carboxylic acids is 1. The molecule has 0 spiro atoms. The summed E-state index contributed by atoms with van der Waals surface area (Å²) < 4.78 is 5.01. The summed E-state index contributed by atoms with van der Waals surface area (Å²) in [5.41, 5.74) is 0.154. The molecule has 0 saturated heterocycles. The van der Waals surface area contributed by atoms with Crippen molar-refractivity contribution in [1.82, 2.24) is 0 Å². The molecule has 1 aromatic carbocycles. The summed E-state index contributed by atoms with van der Waals surface area (Å²) in [5, 5.41) is 9.52. The van der Waals surface area contributed by atoms with Crippen molar-refractivity contribution >= 4 is 12.0 Å². The fourth-order valence-electron chi connectivity index (χ4n) is 1.10. The Morgan fingerprint density at radius 1 is 1.25 bits per heavy atom. The standard InChI is InChI=1S/C13H16O3/c1-13(2,3)16-12(15)11(14)9-10-7-5-4-6-8-10/h4-9,14H,1-3H3. The van der Waals surface area contributed by atoms with Crippen LogP contribution in [0.2, 0.25) is 0 Å². The maximum Gasteiger partial charge on any atom is 0.373 e. The molecule has 1 N–H and O–H groups in total. The van der Waals surface area contributed by atoms with E-state index in [1.807, 2.05) is 18.2 Å². The van der Waals surface area contributed by atoms with Gasteiger partial charge in [0.1, 0.15) is 5.60 Å². The SMILES string of the molecule is CC(C)(C)OC(=O)C(O)=Cc1ccccc1. The number of aliphatic hydroxyl groups is 1. The molecule has 0 aliphatic rings. The van der Waals surface area contributed by atoms with Crippen molar-refractivity contribution < 1.29 is 14.6 Å². The molecule has 16 heavy (non-hydrogen) atoms. The van der Waals surface area contributed by atoms with E-state index in [2.05, 4.69) is 0 Å². The van der Waals surface area contributed by atoms with Crippen molar-refractivity contribution in [2.75, 3.05) is 0 Å². The minimum Gasteiger partial charge on any atom is -0.502 e. The van der Waals surface area contributed by atoms with Crippen LogP contribution in [-0.2, 0) is 9.53 Å². The summed E-state index contributed by atoms with van der Waals surface area (Å²) >= 11 is 0. The van der Waals surface area contributed by atoms with Gasteiger partial charge in [-0.05, 0) is 32.4 Å². The third-order valence-electron chi connectivity index (χ3n) is 1.71. The maximum atomic E-state index is 11.4. The first-order valence-electron chi connectivity index (χ1n) is 5.07. The number of benzene rings is 1. The monoisotopic (exact) mass is 220 g/mol. The van der Waals surface area contributed by atoms with E-state index in [1.54, 1.807) is 32.9 Å². The summed E-state index contributed by atoms with van der Waals surface area (Å²) in [7, 11) is 0. The van der Waals surface area contributed by atoms with Gasteiger partial charge in [-0.25, -0.2) is 4.79 Å². The minimum absolute atomic E-state index is 0.388. The van der Waals surface area contributed by atoms with Crippen LogP contribution in [0.25, 0.3) is 6.08 Å². The molecule has 0 fully saturated rings. The average Bonchev–Trinajstić information content (AvgIpc) is 2.16. The molecule has 0 aromatic heterocycles. The predicted molar refractivity (Wildman–Crippen MR) is 62.9 cm³/mol. The Hall–Kier alpha value is -1.77. The smallest absolute Gasteiger partial charge is 0.373 e. The molecule has 3 nitrogen and oxygen atoms in total. The average molecular weight is 220 g/mol. The predicted octanol–water partition coefficient (Wildman–Crippen LogP) is 2.93. The van der Waals surface area contributed by atoms with Gasteiger partial charge in [0.25, 0.3) is 0 Å². The van der Waals surface area contributed by atoms with Crippen molar-refractivity contribution in [1.29, 1.82) is 0 Å². The van der Waals surface area contributed by atoms with Crippen LogP contribution in [0.5, 0.6) is 0 Å². The van der Waals surface area contributed by atoms with Crippen LogP contribution in [0, 0.1) is 0 Å². The fraction of sp³-hybridized carbons (Fsp3) is 0.308. The lowest BCUT2D eigenvalue weighted by atomic mass is 10.2. The fourth-order valence-corrected chi connectivity index (χ4v) is 1.10. The molecular weight excluding hydrogens is 204 g/mol. The largest absolute Gasteiger partial charge is 0.502 e. The Labute approximate surface area is 95.4 Å². The highest BCUT2D eigenvalue weighted by atomic mass is 16.6. The zero-order chi connectivity index (χ0) is 12.2. The van der Waals surface area contributed by atoms with Crippen molar-refractivity contribution in [3.63, 3.8) is 0 Å². The number of esters is 1. The molecular formula is C13H16O3. The Kier molecular flexibility index (Phi) is 3.72. The summed E-state index contributed by atoms with van der Waals surface area (Å²) in [6.07, 6.45) is 1.38. The summed E-state index contributed by atoms with van der Waals surface area (Å²) in [6.45, 7) is 5.25. The van der Waals surface area contributed by atoms with Crippen molar-refractivity contribution in [2.24, 2.45) is 0 Å². The van der Waals surface area contributed by atoms with Gasteiger partial charge in [0.05, 0.1) is 0 Å². The molecule has 0 radical (unpaired) electrons. The number of hydrogen-bond donors (Lipinski definition) is 1. The molecule has 0 amide bonds. The molecule has 1 aromatic rings. The van der Waals surface area contributed by atoms with E-state index in [0.717, 1.165) is 5.56 Å². The topological polar surface area (TPSA) is 46.5 Å². The molecule has 0 aliphatic heterocycles. The molecule has 86 valence electrons. The first-order chi connectivity index (χ1) is 7.38. The first kappa shape index (κ1) is 12.3. The van der Waals surface area contributed by atoms with Gasteiger partial charge in [0, 0.05) is 0 Å². The highest BCUT2D eigenvalue weighted by Crippen LogP contribution is 2.12. The number of carbonyl (C=O) groups is 1. The molecule has 1 rings (SSSR count). The number of rotatable bonds is 2. The van der Waals surface area contributed by atoms with Crippen LogP contribution >= 0.6 is 0 Å². The zero-order valence-electron chi connectivity index (χ0n) is 9.73. The van der Waals surface area contributed by atoms with Gasteiger partial charge in [0.15, 0.2) is 0 Å². The van der Waals surface area contributed by atoms with Gasteiger partial charge in [-0.15, -0.1) is 0 Å². The van der Waals surface area contributed by atoms with Crippen LogP contribution in [0.4, 0.5) is 0 Å². The van der Waals surface area contributed by atoms with E-state index < -0.39 is 11.6 Å². The Morgan fingerprint density at radius 3 is 2.31 bits per heavy atom. The summed E-state index contributed by atoms with van der Waals surface area (Å²) in [5.74, 6) is -1.10. The second-order valence-electron chi connectivity index (χ2n) is 4.44. The second-order valence-corrected chi connectivity index (χ2v) is 4.44. The van der Waals surface area contributed by atoms with Crippen molar-refractivity contribution in [2.45, 2.75) is 26.4 Å². The molecule has 0 heterocycles. The maximum absolute atomic E-state index is 11.4. The van der Waals surface area contributed by atoms with Crippen LogP contribution in [0.15, 0.2) is 36.1 Å². The van der Waals surface area contributed by atoms with Gasteiger partial charge in [-0.2, -0.15) is 0 Å². The van der Waals surface area contributed by atoms with E-state index in [4.69, 9.17) is 4.74 Å². The highest BCUT2D eigenvalue weighted by molar-refractivity contribution is 5.91. The molecule has 0 saturated carbocycles. The van der Waals surface area contributed by atoms with Gasteiger partial charge < -0.3 is 9.84 Å². The number of aliphatic hydroxyl groups excluding tert-OH is 1. The third-order valence-corrected chi connectivity index (χ3v) is 1.71. The second kappa shape index (κ2) is 4.84. The van der Waals surface area contributed by atoms with E-state index in [9.17, 15) is 9.90 Å². The Balaban J connectivity index is 2.75. The van der Waals surface area contributed by atoms with E-state index >= 15 is 0 Å². The van der Waals surface area contributed by atoms with Crippen molar-refractivity contribution in [3.05, 3.63) is 41.7 Å². The zero-order valence-corrected chi connectivity index (χ0v) is 9.73. The lowest BCUT2D eigenvalue weighted by molar-refractivity contribution is -0.152. The first-order valence-corrected chi connectivity index (χ1v) is 5.07. The normalized spacial score (nSPS) is 12.3. The summed E-state index contributed by atoms with van der Waals surface area (Å²) in [6, 6.07) is 9.10. The van der Waals surface area contributed by atoms with Crippen LogP contribution in [0.1, 0.15) is 26.3 Å². The molecule has 3 heteroatoms. The van der Waals surface area contributed by atoms with E-state index in [1.165, 1.54) is 6.08 Å². The molecule has 0 atom stereocenters. The van der Waals surface area contributed by atoms with Gasteiger partial charge in [-0.1, -0.05) is 30.3 Å². The Morgan fingerprint density at radius 2 is 1.81 bits per heavy atom. The lowest BCUT2D eigenvalue weighted by Crippen LogP contribution is -2.24. The van der Waals surface area contributed by atoms with Crippen LogP contribution < -0.4 is 0 Å². The molecule has 0 aliphatic carbocycles. The highest BCUT2D eigenvalue weighted by Gasteiger charge is 2.19. The molecule has 0 bridgehead atoms. The number of ether oxygens (including phenoxy) is 1. The quantitative estimate of drug-likeness (QED) is 0.473. The van der Waals surface area contributed by atoms with Gasteiger partial charge >= 0.3 is 5.97 Å². The minimum atomic E-state index is -0.712. The summed E-state index contributed by atoms with van der Waals surface area (Å²) in [4.78, 5) is 11.4. The van der Waals surface area contributed by atoms with Crippen LogP contribution in [0.3, 0.4) is 0 Å². The van der Waals surface area contributed by atoms with Crippen LogP contribution in [-0.4, -0.2) is 16.7 Å². The number of hydrogen-bond acceptors (Lipinski definition) is 3. The Bertz CT molecular complexity index is 385. The lowest BCUT2D eigenvalue weighted by Gasteiger charge is -2.18. The van der Waals surface area contributed by atoms with E-state index in [0.29, 0.717) is 0 Å². The van der Waals surface area contributed by atoms with Gasteiger partial charge in [0.2, 0.25) is 5.76 Å². The van der Waals surface area contributed by atoms with E-state index in [-0.39, 0.29) is 5.76 Å².